The zero-order chi connectivity index (χ0) is 9.75. The fourth-order valence-electron chi connectivity index (χ4n) is 2.27. The van der Waals surface area contributed by atoms with Crippen LogP contribution in [0, 0.1) is 11.8 Å². The van der Waals surface area contributed by atoms with E-state index in [1.165, 1.54) is 0 Å². The van der Waals surface area contributed by atoms with Crippen LogP contribution in [0.1, 0.15) is 13.8 Å². The SMILES string of the molecule is CC1C=C(S)N2C(=O)C([C@@H](C)O)C12. The minimum atomic E-state index is -0.552. The van der Waals surface area contributed by atoms with E-state index >= 15 is 0 Å². The van der Waals surface area contributed by atoms with E-state index in [0.29, 0.717) is 5.92 Å². The van der Waals surface area contributed by atoms with E-state index in [0.717, 1.165) is 5.03 Å². The van der Waals surface area contributed by atoms with Crippen LogP contribution < -0.4 is 0 Å². The molecule has 3 nitrogen and oxygen atoms in total. The summed E-state index contributed by atoms with van der Waals surface area (Å²) in [6.45, 7) is 3.71. The number of aliphatic hydroxyl groups excluding tert-OH is 1. The topological polar surface area (TPSA) is 40.5 Å². The number of thiol groups is 1. The molecule has 0 aromatic heterocycles. The van der Waals surface area contributed by atoms with Gasteiger partial charge in [0.25, 0.3) is 0 Å². The summed E-state index contributed by atoms with van der Waals surface area (Å²) >= 11 is 4.21. The van der Waals surface area contributed by atoms with Gasteiger partial charge in [-0.2, -0.15) is 0 Å². The maximum Gasteiger partial charge on any atom is 0.235 e. The standard InChI is InChI=1S/C9H13NO2S/c1-4-3-6(13)10-8(4)7(5(2)11)9(10)12/h3-5,7-8,11,13H,1-2H3/t4?,5-,7?,8?/m1/s1. The molecule has 0 radical (unpaired) electrons. The van der Waals surface area contributed by atoms with Gasteiger partial charge in [0.15, 0.2) is 0 Å². The van der Waals surface area contributed by atoms with Crippen molar-refractivity contribution in [2.75, 3.05) is 0 Å². The van der Waals surface area contributed by atoms with E-state index < -0.39 is 6.10 Å². The molecule has 0 saturated carbocycles. The molecule has 2 aliphatic heterocycles. The Morgan fingerprint density at radius 3 is 2.85 bits per heavy atom. The number of rotatable bonds is 1. The third-order valence-corrected chi connectivity index (χ3v) is 3.27. The molecular formula is C9H13NO2S. The minimum absolute atomic E-state index is 0.00519. The molecule has 1 saturated heterocycles. The van der Waals surface area contributed by atoms with Gasteiger partial charge in [0, 0.05) is 0 Å². The molecule has 0 bridgehead atoms. The number of carbonyl (C=O) groups excluding carboxylic acids is 1. The van der Waals surface area contributed by atoms with E-state index in [-0.39, 0.29) is 17.9 Å². The van der Waals surface area contributed by atoms with Crippen LogP contribution in [-0.2, 0) is 4.79 Å². The van der Waals surface area contributed by atoms with Gasteiger partial charge in [0.05, 0.1) is 23.1 Å². The summed E-state index contributed by atoms with van der Waals surface area (Å²) in [5.41, 5.74) is 0. The van der Waals surface area contributed by atoms with Crippen molar-refractivity contribution in [3.8, 4) is 0 Å². The second-order valence-corrected chi connectivity index (χ2v) is 4.31. The summed E-state index contributed by atoms with van der Waals surface area (Å²) in [5, 5.41) is 10.1. The van der Waals surface area contributed by atoms with Crippen LogP contribution in [-0.4, -0.2) is 28.1 Å². The molecule has 1 N–H and O–H groups in total. The predicted octanol–water partition coefficient (Wildman–Crippen LogP) is 0.615. The van der Waals surface area contributed by atoms with E-state index in [4.69, 9.17) is 0 Å². The smallest absolute Gasteiger partial charge is 0.235 e. The Bertz CT molecular complexity index is 287. The Kier molecular flexibility index (Phi) is 1.92. The molecule has 4 atom stereocenters. The van der Waals surface area contributed by atoms with E-state index in [2.05, 4.69) is 12.6 Å². The maximum atomic E-state index is 11.5. The van der Waals surface area contributed by atoms with Crippen molar-refractivity contribution in [1.29, 1.82) is 0 Å². The average molecular weight is 199 g/mol. The van der Waals surface area contributed by atoms with Crippen LogP contribution in [0.15, 0.2) is 11.1 Å². The molecule has 3 unspecified atom stereocenters. The van der Waals surface area contributed by atoms with Crippen molar-refractivity contribution in [3.05, 3.63) is 11.1 Å². The highest BCUT2D eigenvalue weighted by molar-refractivity contribution is 7.84. The van der Waals surface area contributed by atoms with Gasteiger partial charge in [-0.15, -0.1) is 12.6 Å². The molecule has 13 heavy (non-hydrogen) atoms. The molecule has 0 spiro atoms. The van der Waals surface area contributed by atoms with Gasteiger partial charge < -0.3 is 10.0 Å². The Hall–Kier alpha value is -0.480. The van der Waals surface area contributed by atoms with Crippen LogP contribution >= 0.6 is 12.6 Å². The monoisotopic (exact) mass is 199 g/mol. The first kappa shape index (κ1) is 9.09. The molecule has 0 aromatic carbocycles. The van der Waals surface area contributed by atoms with Crippen molar-refractivity contribution in [3.63, 3.8) is 0 Å². The molecule has 1 amide bonds. The largest absolute Gasteiger partial charge is 0.393 e. The number of nitrogens with zero attached hydrogens (tertiary/aromatic N) is 1. The summed E-state index contributed by atoms with van der Waals surface area (Å²) in [6.07, 6.45) is 1.41. The number of carbonyl (C=O) groups is 1. The van der Waals surface area contributed by atoms with E-state index in [9.17, 15) is 9.90 Å². The Morgan fingerprint density at radius 1 is 1.69 bits per heavy atom. The molecule has 4 heteroatoms. The second-order valence-electron chi connectivity index (χ2n) is 3.85. The predicted molar refractivity (Wildman–Crippen MR) is 52.0 cm³/mol. The third-order valence-electron chi connectivity index (χ3n) is 2.91. The number of hydrogen-bond acceptors (Lipinski definition) is 3. The van der Waals surface area contributed by atoms with Gasteiger partial charge in [-0.3, -0.25) is 4.79 Å². The van der Waals surface area contributed by atoms with E-state index in [1.807, 2.05) is 13.0 Å². The highest BCUT2D eigenvalue weighted by Gasteiger charge is 2.55. The van der Waals surface area contributed by atoms with E-state index in [1.54, 1.807) is 11.8 Å². The summed E-state index contributed by atoms with van der Waals surface area (Å²) in [6, 6.07) is 0.139. The normalized spacial score (nSPS) is 39.7. The van der Waals surface area contributed by atoms with Gasteiger partial charge in [-0.05, 0) is 18.9 Å². The van der Waals surface area contributed by atoms with Crippen molar-refractivity contribution in [2.45, 2.75) is 26.0 Å². The van der Waals surface area contributed by atoms with Crippen molar-refractivity contribution >= 4 is 18.5 Å². The minimum Gasteiger partial charge on any atom is -0.393 e. The van der Waals surface area contributed by atoms with Crippen LogP contribution in [0.2, 0.25) is 0 Å². The molecule has 2 heterocycles. The lowest BCUT2D eigenvalue weighted by Gasteiger charge is -2.46. The lowest BCUT2D eigenvalue weighted by atomic mass is 9.79. The number of β-lactam (4-membered cyclic amide) rings is 1. The zero-order valence-corrected chi connectivity index (χ0v) is 8.53. The van der Waals surface area contributed by atoms with Crippen LogP contribution in [0.25, 0.3) is 0 Å². The van der Waals surface area contributed by atoms with Gasteiger partial charge in [-0.25, -0.2) is 0 Å². The van der Waals surface area contributed by atoms with Crippen LogP contribution in [0.4, 0.5) is 0 Å². The number of fused-ring (bicyclic) bond motifs is 1. The van der Waals surface area contributed by atoms with Gasteiger partial charge >= 0.3 is 0 Å². The highest BCUT2D eigenvalue weighted by Crippen LogP contribution is 2.44. The maximum absolute atomic E-state index is 11.5. The van der Waals surface area contributed by atoms with Crippen molar-refractivity contribution in [1.82, 2.24) is 4.90 Å². The molecular weight excluding hydrogens is 186 g/mol. The van der Waals surface area contributed by atoms with Crippen molar-refractivity contribution in [2.24, 2.45) is 11.8 Å². The van der Waals surface area contributed by atoms with Crippen molar-refractivity contribution < 1.29 is 9.90 Å². The third kappa shape index (κ3) is 1.05. The second kappa shape index (κ2) is 2.75. The van der Waals surface area contributed by atoms with Gasteiger partial charge in [0.1, 0.15) is 0 Å². The van der Waals surface area contributed by atoms with Crippen LogP contribution in [0.3, 0.4) is 0 Å². The zero-order valence-electron chi connectivity index (χ0n) is 7.64. The first-order chi connectivity index (χ1) is 6.04. The molecule has 2 rings (SSSR count). The van der Waals surface area contributed by atoms with Gasteiger partial charge in [-0.1, -0.05) is 6.92 Å². The molecule has 0 aromatic rings. The average Bonchev–Trinajstić information content (AvgIpc) is 2.20. The Morgan fingerprint density at radius 2 is 2.31 bits per heavy atom. The first-order valence-electron chi connectivity index (χ1n) is 4.46. The Labute approximate surface area is 82.8 Å². The number of amides is 1. The summed E-state index contributed by atoms with van der Waals surface area (Å²) < 4.78 is 0. The summed E-state index contributed by atoms with van der Waals surface area (Å²) in [4.78, 5) is 13.2. The Balaban J connectivity index is 2.22. The first-order valence-corrected chi connectivity index (χ1v) is 4.90. The fourth-order valence-corrected chi connectivity index (χ4v) is 2.73. The summed E-state index contributed by atoms with van der Waals surface area (Å²) in [5.74, 6) is 0.0892. The molecule has 72 valence electrons. The number of hydrogen-bond donors (Lipinski definition) is 2. The molecule has 1 fully saturated rings. The highest BCUT2D eigenvalue weighted by atomic mass is 32.1. The quantitative estimate of drug-likeness (QED) is 0.480. The molecule has 0 aliphatic carbocycles. The number of aliphatic hydroxyl groups is 1. The molecule has 2 aliphatic rings. The van der Waals surface area contributed by atoms with Gasteiger partial charge in [0.2, 0.25) is 5.91 Å². The fraction of sp³-hybridized carbons (Fsp3) is 0.667. The summed E-state index contributed by atoms with van der Waals surface area (Å²) in [7, 11) is 0. The lowest BCUT2D eigenvalue weighted by molar-refractivity contribution is -0.158. The lowest BCUT2D eigenvalue weighted by Crippen LogP contribution is -2.62. The van der Waals surface area contributed by atoms with Crippen LogP contribution in [0.5, 0.6) is 0 Å².